The maximum atomic E-state index is 9.72. The smallest absolute Gasteiger partial charge is 0.0653 e. The maximum Gasteiger partial charge on any atom is 0.0653 e. The van der Waals surface area contributed by atoms with Gasteiger partial charge in [0.25, 0.3) is 0 Å². The third-order valence-electron chi connectivity index (χ3n) is 2.84. The molecule has 1 N–H and O–H groups in total. The Labute approximate surface area is 111 Å². The fourth-order valence-electron chi connectivity index (χ4n) is 1.60. The van der Waals surface area contributed by atoms with Crippen molar-refractivity contribution in [2.24, 2.45) is 5.92 Å². The molecule has 0 aliphatic heterocycles. The molecule has 2 aromatic rings. The second-order valence-corrected chi connectivity index (χ2v) is 6.60. The summed E-state index contributed by atoms with van der Waals surface area (Å²) in [5, 5.41) is 13.2. The average molecular weight is 266 g/mol. The highest BCUT2D eigenvalue weighted by molar-refractivity contribution is 7.98. The number of fused-ring (bicyclic) bond motifs is 1. The summed E-state index contributed by atoms with van der Waals surface area (Å²) in [6.45, 7) is 4.12. The first kappa shape index (κ1) is 12.9. The monoisotopic (exact) mass is 266 g/mol. The van der Waals surface area contributed by atoms with Crippen LogP contribution in [0.2, 0.25) is 0 Å². The quantitative estimate of drug-likeness (QED) is 0.877. The van der Waals surface area contributed by atoms with Crippen molar-refractivity contribution in [3.8, 4) is 0 Å². The van der Waals surface area contributed by atoms with Crippen LogP contribution in [-0.2, 0) is 5.75 Å². The molecule has 17 heavy (non-hydrogen) atoms. The molecule has 1 nitrogen and oxygen atoms in total. The number of aliphatic hydroxyl groups excluding tert-OH is 1. The van der Waals surface area contributed by atoms with Gasteiger partial charge >= 0.3 is 0 Å². The molecule has 92 valence electrons. The Morgan fingerprint density at radius 3 is 2.88 bits per heavy atom. The van der Waals surface area contributed by atoms with E-state index in [1.54, 1.807) is 11.3 Å². The lowest BCUT2D eigenvalue weighted by atomic mass is 10.1. The molecule has 1 aromatic heterocycles. The normalized spacial score (nSPS) is 13.4. The van der Waals surface area contributed by atoms with Crippen molar-refractivity contribution in [3.05, 3.63) is 35.2 Å². The van der Waals surface area contributed by atoms with E-state index in [1.165, 1.54) is 15.6 Å². The maximum absolute atomic E-state index is 9.72. The number of thiophene rings is 1. The van der Waals surface area contributed by atoms with Gasteiger partial charge in [0.1, 0.15) is 0 Å². The van der Waals surface area contributed by atoms with Crippen molar-refractivity contribution in [3.63, 3.8) is 0 Å². The average Bonchev–Trinajstić information content (AvgIpc) is 2.75. The fourth-order valence-corrected chi connectivity index (χ4v) is 3.53. The van der Waals surface area contributed by atoms with Gasteiger partial charge in [0, 0.05) is 16.2 Å². The van der Waals surface area contributed by atoms with E-state index in [-0.39, 0.29) is 6.10 Å². The first-order chi connectivity index (χ1) is 8.16. The van der Waals surface area contributed by atoms with Crippen molar-refractivity contribution in [2.45, 2.75) is 25.7 Å². The highest BCUT2D eigenvalue weighted by Gasteiger charge is 2.08. The van der Waals surface area contributed by atoms with Crippen LogP contribution in [0.4, 0.5) is 0 Å². The molecule has 1 unspecified atom stereocenters. The van der Waals surface area contributed by atoms with Crippen LogP contribution in [0.3, 0.4) is 0 Å². The molecule has 0 bridgehead atoms. The minimum absolute atomic E-state index is 0.190. The summed E-state index contributed by atoms with van der Waals surface area (Å²) in [7, 11) is 0. The van der Waals surface area contributed by atoms with Gasteiger partial charge in [-0.1, -0.05) is 19.9 Å². The molecule has 3 heteroatoms. The number of hydrogen-bond donors (Lipinski definition) is 1. The van der Waals surface area contributed by atoms with Crippen LogP contribution in [0.15, 0.2) is 29.6 Å². The molecule has 0 saturated carbocycles. The van der Waals surface area contributed by atoms with E-state index in [0.717, 1.165) is 11.5 Å². The minimum atomic E-state index is -0.190. The summed E-state index contributed by atoms with van der Waals surface area (Å²) in [6, 6.07) is 8.79. The molecule has 0 aliphatic rings. The lowest BCUT2D eigenvalue weighted by Gasteiger charge is -2.13. The highest BCUT2D eigenvalue weighted by atomic mass is 32.2. The highest BCUT2D eigenvalue weighted by Crippen LogP contribution is 2.24. The van der Waals surface area contributed by atoms with Crippen LogP contribution < -0.4 is 0 Å². The molecule has 0 radical (unpaired) electrons. The van der Waals surface area contributed by atoms with Gasteiger partial charge in [-0.2, -0.15) is 11.8 Å². The molecule has 1 heterocycles. The molecular formula is C14H18OS2. The van der Waals surface area contributed by atoms with Gasteiger partial charge in [0.15, 0.2) is 0 Å². The van der Waals surface area contributed by atoms with Gasteiger partial charge in [-0.3, -0.25) is 0 Å². The fraction of sp³-hybridized carbons (Fsp3) is 0.429. The predicted octanol–water partition coefficient (Wildman–Crippen LogP) is 4.15. The SMILES string of the molecule is CC(C)C(O)CSCc1ccc2sccc2c1. The van der Waals surface area contributed by atoms with Gasteiger partial charge < -0.3 is 5.11 Å². The van der Waals surface area contributed by atoms with Gasteiger partial charge in [-0.15, -0.1) is 11.3 Å². The van der Waals surface area contributed by atoms with E-state index in [4.69, 9.17) is 0 Å². The zero-order valence-electron chi connectivity index (χ0n) is 10.2. The van der Waals surface area contributed by atoms with E-state index < -0.39 is 0 Å². The van der Waals surface area contributed by atoms with Crippen molar-refractivity contribution >= 4 is 33.2 Å². The zero-order chi connectivity index (χ0) is 12.3. The Bertz CT molecular complexity index is 476. The second-order valence-electron chi connectivity index (χ2n) is 4.62. The van der Waals surface area contributed by atoms with Gasteiger partial charge in [0.05, 0.1) is 6.10 Å². The van der Waals surface area contributed by atoms with Crippen LogP contribution in [0.1, 0.15) is 19.4 Å². The number of rotatable bonds is 5. The topological polar surface area (TPSA) is 20.2 Å². The van der Waals surface area contributed by atoms with Crippen molar-refractivity contribution in [2.75, 3.05) is 5.75 Å². The summed E-state index contributed by atoms with van der Waals surface area (Å²) in [5.74, 6) is 2.15. The Kier molecular flexibility index (Phi) is 4.48. The van der Waals surface area contributed by atoms with Crippen molar-refractivity contribution in [1.29, 1.82) is 0 Å². The molecule has 2 rings (SSSR count). The van der Waals surface area contributed by atoms with Crippen LogP contribution in [-0.4, -0.2) is 17.0 Å². The number of thioether (sulfide) groups is 1. The van der Waals surface area contributed by atoms with E-state index in [2.05, 4.69) is 43.5 Å². The van der Waals surface area contributed by atoms with Crippen LogP contribution in [0.25, 0.3) is 10.1 Å². The molecular weight excluding hydrogens is 248 g/mol. The van der Waals surface area contributed by atoms with Crippen molar-refractivity contribution < 1.29 is 5.11 Å². The standard InChI is InChI=1S/C14H18OS2/c1-10(2)13(15)9-16-8-11-3-4-14-12(7-11)5-6-17-14/h3-7,10,13,15H,8-9H2,1-2H3. The first-order valence-electron chi connectivity index (χ1n) is 5.89. The van der Waals surface area contributed by atoms with Crippen LogP contribution >= 0.6 is 23.1 Å². The molecule has 0 fully saturated rings. The molecule has 0 aliphatic carbocycles. The third-order valence-corrected chi connectivity index (χ3v) is 4.86. The van der Waals surface area contributed by atoms with Crippen molar-refractivity contribution in [1.82, 2.24) is 0 Å². The summed E-state index contributed by atoms with van der Waals surface area (Å²) in [5.41, 5.74) is 1.34. The number of benzene rings is 1. The van der Waals surface area contributed by atoms with Gasteiger partial charge in [0.2, 0.25) is 0 Å². The summed E-state index contributed by atoms with van der Waals surface area (Å²) >= 11 is 3.59. The third kappa shape index (κ3) is 3.47. The number of hydrogen-bond acceptors (Lipinski definition) is 3. The van der Waals surface area contributed by atoms with Gasteiger partial charge in [-0.05, 0) is 40.4 Å². The van der Waals surface area contributed by atoms with Crippen LogP contribution in [0.5, 0.6) is 0 Å². The molecule has 0 saturated heterocycles. The lowest BCUT2D eigenvalue weighted by molar-refractivity contribution is 0.149. The zero-order valence-corrected chi connectivity index (χ0v) is 11.9. The van der Waals surface area contributed by atoms with Crippen LogP contribution in [0, 0.1) is 5.92 Å². The summed E-state index contributed by atoms with van der Waals surface area (Å²) in [6.07, 6.45) is -0.190. The van der Waals surface area contributed by atoms with E-state index in [1.807, 2.05) is 11.8 Å². The Balaban J connectivity index is 1.90. The summed E-state index contributed by atoms with van der Waals surface area (Å²) in [4.78, 5) is 0. The molecule has 0 spiro atoms. The molecule has 0 amide bonds. The largest absolute Gasteiger partial charge is 0.392 e. The Morgan fingerprint density at radius 1 is 1.29 bits per heavy atom. The van der Waals surface area contributed by atoms with E-state index in [9.17, 15) is 5.11 Å². The second kappa shape index (κ2) is 5.89. The Morgan fingerprint density at radius 2 is 2.12 bits per heavy atom. The minimum Gasteiger partial charge on any atom is -0.392 e. The molecule has 1 atom stereocenters. The molecule has 1 aromatic carbocycles. The first-order valence-corrected chi connectivity index (χ1v) is 7.92. The summed E-state index contributed by atoms with van der Waals surface area (Å²) < 4.78 is 1.35. The lowest BCUT2D eigenvalue weighted by Crippen LogP contribution is -2.17. The van der Waals surface area contributed by atoms with Gasteiger partial charge in [-0.25, -0.2) is 0 Å². The predicted molar refractivity (Wildman–Crippen MR) is 78.8 cm³/mol. The van der Waals surface area contributed by atoms with E-state index >= 15 is 0 Å². The Hall–Kier alpha value is -0.510. The number of aliphatic hydroxyl groups is 1. The van der Waals surface area contributed by atoms with E-state index in [0.29, 0.717) is 5.92 Å².